The van der Waals surface area contributed by atoms with E-state index in [-0.39, 0.29) is 16.5 Å². The van der Waals surface area contributed by atoms with Crippen LogP contribution in [0.15, 0.2) is 16.9 Å². The van der Waals surface area contributed by atoms with E-state index in [0.29, 0.717) is 19.6 Å². The first-order chi connectivity index (χ1) is 9.32. The number of rotatable bonds is 5. The van der Waals surface area contributed by atoms with Crippen molar-refractivity contribution in [3.63, 3.8) is 0 Å². The first kappa shape index (κ1) is 16.4. The molecule has 1 amide bonds. The number of amides is 1. The first-order valence-corrected chi connectivity index (χ1v) is 6.57. The van der Waals surface area contributed by atoms with Crippen molar-refractivity contribution < 1.29 is 9.53 Å². The van der Waals surface area contributed by atoms with Crippen LogP contribution in [0.5, 0.6) is 0 Å². The molecular weight excluding hydrogens is 258 g/mol. The lowest BCUT2D eigenvalue weighted by Gasteiger charge is -2.24. The Balaban J connectivity index is 3.31. The fourth-order valence-corrected chi connectivity index (χ4v) is 2.07. The van der Waals surface area contributed by atoms with Gasteiger partial charge >= 0.3 is 0 Å². The Morgan fingerprint density at radius 3 is 2.55 bits per heavy atom. The summed E-state index contributed by atoms with van der Waals surface area (Å²) in [6.07, 6.45) is 0.702. The van der Waals surface area contributed by atoms with E-state index in [0.717, 1.165) is 5.69 Å². The second-order valence-electron chi connectivity index (χ2n) is 5.66. The predicted molar refractivity (Wildman–Crippen MR) is 77.5 cm³/mol. The molecule has 1 rings (SSSR count). The van der Waals surface area contributed by atoms with Gasteiger partial charge in [-0.05, 0) is 18.6 Å². The average molecular weight is 281 g/mol. The minimum atomic E-state index is -0.573. The summed E-state index contributed by atoms with van der Waals surface area (Å²) >= 11 is 0. The van der Waals surface area contributed by atoms with Crippen molar-refractivity contribution in [3.8, 4) is 0 Å². The summed E-state index contributed by atoms with van der Waals surface area (Å²) in [5.74, 6) is 4.53. The summed E-state index contributed by atoms with van der Waals surface area (Å²) in [7, 11) is 1.62. The third-order valence-corrected chi connectivity index (χ3v) is 3.05. The van der Waals surface area contributed by atoms with E-state index in [2.05, 4.69) is 0 Å². The summed E-state index contributed by atoms with van der Waals surface area (Å²) in [6, 6.07) is 3.33. The molecule has 112 valence electrons. The number of hydrogen-bond donors (Lipinski definition) is 2. The SMILES string of the molecule is COCCCn1c(C(C)(C)C)ccc(C(=O)NN)c1=O. The van der Waals surface area contributed by atoms with Crippen LogP contribution in [0, 0.1) is 0 Å². The highest BCUT2D eigenvalue weighted by Gasteiger charge is 2.21. The number of hydrogen-bond acceptors (Lipinski definition) is 4. The van der Waals surface area contributed by atoms with Crippen LogP contribution in [0.2, 0.25) is 0 Å². The standard InChI is InChI=1S/C14H23N3O3/c1-14(2,3)11-7-6-10(12(18)16-15)13(19)17(11)8-5-9-20-4/h6-7H,5,8-9,15H2,1-4H3,(H,16,18). The van der Waals surface area contributed by atoms with Gasteiger partial charge in [0, 0.05) is 31.4 Å². The molecule has 0 aromatic carbocycles. The lowest BCUT2D eigenvalue weighted by Crippen LogP contribution is -2.39. The molecule has 0 radical (unpaired) electrons. The Morgan fingerprint density at radius 2 is 2.05 bits per heavy atom. The molecule has 0 saturated heterocycles. The van der Waals surface area contributed by atoms with E-state index in [9.17, 15) is 9.59 Å². The maximum Gasteiger partial charge on any atom is 0.270 e. The fraction of sp³-hybridized carbons (Fsp3) is 0.571. The number of methoxy groups -OCH3 is 1. The molecular formula is C14H23N3O3. The Labute approximate surface area is 118 Å². The summed E-state index contributed by atoms with van der Waals surface area (Å²) in [5, 5.41) is 0. The van der Waals surface area contributed by atoms with Gasteiger partial charge in [0.05, 0.1) is 0 Å². The van der Waals surface area contributed by atoms with Gasteiger partial charge in [0.25, 0.3) is 11.5 Å². The highest BCUT2D eigenvalue weighted by Crippen LogP contribution is 2.21. The molecule has 0 spiro atoms. The van der Waals surface area contributed by atoms with Crippen molar-refractivity contribution in [3.05, 3.63) is 33.7 Å². The summed E-state index contributed by atoms with van der Waals surface area (Å²) in [4.78, 5) is 24.0. The third-order valence-electron chi connectivity index (χ3n) is 3.05. The summed E-state index contributed by atoms with van der Waals surface area (Å²) < 4.78 is 6.64. The molecule has 0 aliphatic heterocycles. The minimum Gasteiger partial charge on any atom is -0.385 e. The molecule has 1 heterocycles. The van der Waals surface area contributed by atoms with Gasteiger partial charge in [-0.1, -0.05) is 20.8 Å². The van der Waals surface area contributed by atoms with Gasteiger partial charge in [0.15, 0.2) is 0 Å². The molecule has 0 bridgehead atoms. The van der Waals surface area contributed by atoms with Gasteiger partial charge in [-0.3, -0.25) is 15.0 Å². The van der Waals surface area contributed by atoms with Gasteiger partial charge in [-0.15, -0.1) is 0 Å². The van der Waals surface area contributed by atoms with Gasteiger partial charge in [0.2, 0.25) is 0 Å². The van der Waals surface area contributed by atoms with E-state index in [1.165, 1.54) is 6.07 Å². The van der Waals surface area contributed by atoms with E-state index in [1.54, 1.807) is 17.7 Å². The van der Waals surface area contributed by atoms with Gasteiger partial charge < -0.3 is 9.30 Å². The number of carbonyl (C=O) groups is 1. The number of carbonyl (C=O) groups excluding carboxylic acids is 1. The summed E-state index contributed by atoms with van der Waals surface area (Å²) in [6.45, 7) is 7.14. The molecule has 3 N–H and O–H groups in total. The Morgan fingerprint density at radius 1 is 1.40 bits per heavy atom. The lowest BCUT2D eigenvalue weighted by atomic mass is 9.90. The van der Waals surface area contributed by atoms with E-state index >= 15 is 0 Å². The maximum absolute atomic E-state index is 12.4. The van der Waals surface area contributed by atoms with Crippen molar-refractivity contribution in [2.45, 2.75) is 39.2 Å². The van der Waals surface area contributed by atoms with Crippen LogP contribution in [-0.2, 0) is 16.7 Å². The van der Waals surface area contributed by atoms with Gasteiger partial charge in [-0.2, -0.15) is 0 Å². The van der Waals surface area contributed by atoms with Gasteiger partial charge in [-0.25, -0.2) is 5.84 Å². The highest BCUT2D eigenvalue weighted by atomic mass is 16.5. The molecule has 0 unspecified atom stereocenters. The third kappa shape index (κ3) is 3.68. The van der Waals surface area contributed by atoms with Crippen molar-refractivity contribution in [1.29, 1.82) is 0 Å². The smallest absolute Gasteiger partial charge is 0.270 e. The van der Waals surface area contributed by atoms with E-state index < -0.39 is 5.91 Å². The molecule has 0 fully saturated rings. The molecule has 20 heavy (non-hydrogen) atoms. The zero-order valence-corrected chi connectivity index (χ0v) is 12.5. The van der Waals surface area contributed by atoms with E-state index in [4.69, 9.17) is 10.6 Å². The average Bonchev–Trinajstić information content (AvgIpc) is 2.38. The predicted octanol–water partition coefficient (Wildman–Crippen LogP) is 0.786. The Bertz CT molecular complexity index is 529. The normalized spacial score (nSPS) is 11.4. The molecule has 0 aliphatic rings. The van der Waals surface area contributed by atoms with Crippen LogP contribution in [0.4, 0.5) is 0 Å². The van der Waals surface area contributed by atoms with Crippen molar-refractivity contribution in [2.75, 3.05) is 13.7 Å². The quantitative estimate of drug-likeness (QED) is 0.361. The maximum atomic E-state index is 12.4. The van der Waals surface area contributed by atoms with Gasteiger partial charge in [0.1, 0.15) is 5.56 Å². The zero-order valence-electron chi connectivity index (χ0n) is 12.5. The number of nitrogen functional groups attached to an aromatic ring is 1. The van der Waals surface area contributed by atoms with Crippen LogP contribution in [0.1, 0.15) is 43.2 Å². The number of ether oxygens (including phenoxy) is 1. The zero-order chi connectivity index (χ0) is 15.3. The van der Waals surface area contributed by atoms with Crippen LogP contribution in [-0.4, -0.2) is 24.2 Å². The van der Waals surface area contributed by atoms with Crippen LogP contribution >= 0.6 is 0 Å². The van der Waals surface area contributed by atoms with E-state index in [1.807, 2.05) is 26.2 Å². The summed E-state index contributed by atoms with van der Waals surface area (Å²) in [5.41, 5.74) is 2.42. The number of hydrazine groups is 1. The van der Waals surface area contributed by atoms with Crippen molar-refractivity contribution in [1.82, 2.24) is 9.99 Å². The molecule has 6 nitrogen and oxygen atoms in total. The number of aromatic nitrogens is 1. The number of nitrogens with one attached hydrogen (secondary N) is 1. The van der Waals surface area contributed by atoms with Crippen LogP contribution < -0.4 is 16.8 Å². The van der Waals surface area contributed by atoms with Crippen LogP contribution in [0.3, 0.4) is 0 Å². The largest absolute Gasteiger partial charge is 0.385 e. The van der Waals surface area contributed by atoms with Crippen LogP contribution in [0.25, 0.3) is 0 Å². The first-order valence-electron chi connectivity index (χ1n) is 6.57. The molecule has 6 heteroatoms. The highest BCUT2D eigenvalue weighted by molar-refractivity contribution is 5.93. The second kappa shape index (κ2) is 6.67. The van der Waals surface area contributed by atoms with Crippen molar-refractivity contribution in [2.24, 2.45) is 5.84 Å². The Kier molecular flexibility index (Phi) is 5.47. The molecule has 0 atom stereocenters. The fourth-order valence-electron chi connectivity index (χ4n) is 2.07. The minimum absolute atomic E-state index is 0.0536. The monoisotopic (exact) mass is 281 g/mol. The van der Waals surface area contributed by atoms with Crippen molar-refractivity contribution >= 4 is 5.91 Å². The Hall–Kier alpha value is -1.66. The number of pyridine rings is 1. The molecule has 0 aliphatic carbocycles. The second-order valence-corrected chi connectivity index (χ2v) is 5.66. The lowest BCUT2D eigenvalue weighted by molar-refractivity contribution is 0.0951. The molecule has 1 aromatic rings. The molecule has 1 aromatic heterocycles. The topological polar surface area (TPSA) is 86.3 Å². The molecule has 0 saturated carbocycles. The number of nitrogens with two attached hydrogens (primary N) is 1. The number of nitrogens with zero attached hydrogens (tertiary/aromatic N) is 1.